The molecule has 0 amide bonds. The molecule has 2 nitrogen and oxygen atoms in total. The molecule has 118 valence electrons. The van der Waals surface area contributed by atoms with Crippen LogP contribution in [0.1, 0.15) is 35.6 Å². The molecule has 1 heterocycles. The van der Waals surface area contributed by atoms with E-state index in [1.165, 1.54) is 0 Å². The lowest BCUT2D eigenvalue weighted by Gasteiger charge is -2.21. The van der Waals surface area contributed by atoms with E-state index >= 15 is 0 Å². The van der Waals surface area contributed by atoms with E-state index in [4.69, 9.17) is 0 Å². The van der Waals surface area contributed by atoms with Crippen molar-refractivity contribution < 1.29 is 31.4 Å². The van der Waals surface area contributed by atoms with Crippen LogP contribution in [-0.4, -0.2) is 17.7 Å². The predicted molar refractivity (Wildman–Crippen MR) is 62.4 cm³/mol. The molecule has 0 bridgehead atoms. The molecule has 0 unspecified atom stereocenters. The number of aliphatic hydroxyl groups is 1. The zero-order valence-corrected chi connectivity index (χ0v) is 10.7. The number of rotatable bonds is 2. The lowest BCUT2D eigenvalue weighted by molar-refractivity contribution is -0.143. The van der Waals surface area contributed by atoms with Gasteiger partial charge in [-0.25, -0.2) is 0 Å². The van der Waals surface area contributed by atoms with Crippen molar-refractivity contribution >= 4 is 0 Å². The Kier molecular flexibility index (Phi) is 4.21. The van der Waals surface area contributed by atoms with Crippen molar-refractivity contribution in [2.75, 3.05) is 6.54 Å². The number of nitrogens with one attached hydrogen (secondary N) is 1. The molecule has 1 aliphatic heterocycles. The smallest absolute Gasteiger partial charge is 0.387 e. The molecule has 0 spiro atoms. The summed E-state index contributed by atoms with van der Waals surface area (Å²) in [4.78, 5) is 0. The summed E-state index contributed by atoms with van der Waals surface area (Å²) < 4.78 is 76.3. The predicted octanol–water partition coefficient (Wildman–Crippen LogP) is 3.51. The summed E-state index contributed by atoms with van der Waals surface area (Å²) in [5, 5.41) is 12.9. The molecule has 1 aliphatic rings. The first-order valence-corrected chi connectivity index (χ1v) is 6.30. The number of hydrogen-bond acceptors (Lipinski definition) is 2. The van der Waals surface area contributed by atoms with E-state index in [9.17, 15) is 31.4 Å². The van der Waals surface area contributed by atoms with Gasteiger partial charge in [-0.15, -0.1) is 0 Å². The summed E-state index contributed by atoms with van der Waals surface area (Å²) >= 11 is 0. The third-order valence-electron chi connectivity index (χ3n) is 3.43. The van der Waals surface area contributed by atoms with Gasteiger partial charge in [0.1, 0.15) is 0 Å². The first-order chi connectivity index (χ1) is 9.59. The lowest BCUT2D eigenvalue weighted by atomic mass is 9.96. The monoisotopic (exact) mass is 313 g/mol. The summed E-state index contributed by atoms with van der Waals surface area (Å²) in [6.45, 7) is 0.576. The van der Waals surface area contributed by atoms with Gasteiger partial charge in [0, 0.05) is 6.04 Å². The molecule has 1 aromatic rings. The minimum Gasteiger partial charge on any atom is -0.387 e. The van der Waals surface area contributed by atoms with Gasteiger partial charge in [0.15, 0.2) is 0 Å². The maximum atomic E-state index is 12.7. The topological polar surface area (TPSA) is 32.3 Å². The van der Waals surface area contributed by atoms with E-state index in [-0.39, 0.29) is 11.6 Å². The molecule has 8 heteroatoms. The van der Waals surface area contributed by atoms with E-state index in [0.29, 0.717) is 31.5 Å². The van der Waals surface area contributed by atoms with Crippen LogP contribution >= 0.6 is 0 Å². The number of hydrogen-bond donors (Lipinski definition) is 2. The van der Waals surface area contributed by atoms with Gasteiger partial charge in [0.25, 0.3) is 0 Å². The fourth-order valence-corrected chi connectivity index (χ4v) is 2.36. The Morgan fingerprint density at radius 3 is 1.90 bits per heavy atom. The van der Waals surface area contributed by atoms with Crippen LogP contribution in [0.5, 0.6) is 0 Å². The first-order valence-electron chi connectivity index (χ1n) is 6.30. The molecule has 2 N–H and O–H groups in total. The Labute approximate surface area is 116 Å². The number of halogens is 6. The van der Waals surface area contributed by atoms with E-state index in [0.717, 1.165) is 0 Å². The molecular formula is C13H13F6NO. The summed E-state index contributed by atoms with van der Waals surface area (Å²) in [7, 11) is 0. The van der Waals surface area contributed by atoms with Crippen LogP contribution in [0.4, 0.5) is 26.3 Å². The third-order valence-corrected chi connectivity index (χ3v) is 3.43. The summed E-state index contributed by atoms with van der Waals surface area (Å²) in [5.41, 5.74) is -3.20. The van der Waals surface area contributed by atoms with Crippen molar-refractivity contribution in [1.29, 1.82) is 0 Å². The van der Waals surface area contributed by atoms with Crippen LogP contribution in [0.25, 0.3) is 0 Å². The van der Waals surface area contributed by atoms with E-state index in [2.05, 4.69) is 5.32 Å². The van der Waals surface area contributed by atoms with Crippen molar-refractivity contribution in [2.45, 2.75) is 37.3 Å². The molecule has 0 aromatic heterocycles. The average molecular weight is 313 g/mol. The van der Waals surface area contributed by atoms with Crippen LogP contribution < -0.4 is 5.32 Å². The minimum atomic E-state index is -4.90. The molecule has 1 saturated heterocycles. The number of aliphatic hydroxyl groups excluding tert-OH is 1. The Balaban J connectivity index is 2.44. The first kappa shape index (κ1) is 16.1. The van der Waals surface area contributed by atoms with Crippen molar-refractivity contribution in [3.63, 3.8) is 0 Å². The van der Waals surface area contributed by atoms with E-state index in [1.54, 1.807) is 0 Å². The summed E-state index contributed by atoms with van der Waals surface area (Å²) in [6.07, 6.45) is -10.0. The SMILES string of the molecule is O[C@H](c1cc(C(F)(F)F)cc(C(F)(F)F)c1)[C@@H]1CCCN1. The third kappa shape index (κ3) is 3.68. The van der Waals surface area contributed by atoms with Crippen LogP contribution in [0.15, 0.2) is 18.2 Å². The zero-order chi connectivity index (χ0) is 15.8. The van der Waals surface area contributed by atoms with Crippen molar-refractivity contribution in [3.05, 3.63) is 34.9 Å². The van der Waals surface area contributed by atoms with Crippen LogP contribution in [0, 0.1) is 0 Å². The van der Waals surface area contributed by atoms with Gasteiger partial charge in [-0.1, -0.05) is 0 Å². The van der Waals surface area contributed by atoms with E-state index < -0.39 is 35.6 Å². The van der Waals surface area contributed by atoms with Gasteiger partial charge in [-0.05, 0) is 43.1 Å². The Morgan fingerprint density at radius 2 is 1.52 bits per heavy atom. The number of alkyl halides is 6. The highest BCUT2D eigenvalue weighted by atomic mass is 19.4. The van der Waals surface area contributed by atoms with E-state index in [1.807, 2.05) is 0 Å². The fraction of sp³-hybridized carbons (Fsp3) is 0.538. The van der Waals surface area contributed by atoms with Gasteiger partial charge in [0.2, 0.25) is 0 Å². The molecular weight excluding hydrogens is 300 g/mol. The van der Waals surface area contributed by atoms with Gasteiger partial charge in [0.05, 0.1) is 17.2 Å². The Morgan fingerprint density at radius 1 is 1.00 bits per heavy atom. The minimum absolute atomic E-state index is 0.0539. The second-order valence-corrected chi connectivity index (χ2v) is 4.99. The standard InChI is InChI=1S/C13H13F6NO/c14-12(15,16)8-4-7(5-9(6-8)13(17,18)19)11(21)10-2-1-3-20-10/h4-6,10-11,20-21H,1-3H2/t10-,11+/m0/s1. The maximum absolute atomic E-state index is 12.7. The average Bonchev–Trinajstić information content (AvgIpc) is 2.89. The van der Waals surface area contributed by atoms with Gasteiger partial charge < -0.3 is 10.4 Å². The Hall–Kier alpha value is -1.28. The van der Waals surface area contributed by atoms with Crippen molar-refractivity contribution in [2.24, 2.45) is 0 Å². The molecule has 1 fully saturated rings. The van der Waals surface area contributed by atoms with Crippen LogP contribution in [0.3, 0.4) is 0 Å². The summed E-state index contributed by atoms with van der Waals surface area (Å²) in [5.74, 6) is 0. The van der Waals surface area contributed by atoms with Crippen molar-refractivity contribution in [3.8, 4) is 0 Å². The normalized spacial score (nSPS) is 21.6. The molecule has 0 radical (unpaired) electrons. The molecule has 21 heavy (non-hydrogen) atoms. The highest BCUT2D eigenvalue weighted by Gasteiger charge is 2.38. The summed E-state index contributed by atoms with van der Waals surface area (Å²) in [6, 6.07) is 0.660. The maximum Gasteiger partial charge on any atom is 0.416 e. The second-order valence-electron chi connectivity index (χ2n) is 4.99. The molecule has 0 saturated carbocycles. The quantitative estimate of drug-likeness (QED) is 0.819. The van der Waals surface area contributed by atoms with Gasteiger partial charge >= 0.3 is 12.4 Å². The van der Waals surface area contributed by atoms with Crippen molar-refractivity contribution in [1.82, 2.24) is 5.32 Å². The molecule has 0 aliphatic carbocycles. The second kappa shape index (κ2) is 5.49. The molecule has 2 atom stereocenters. The van der Waals surface area contributed by atoms with Gasteiger partial charge in [-0.3, -0.25) is 0 Å². The Bertz CT molecular complexity index is 472. The largest absolute Gasteiger partial charge is 0.416 e. The van der Waals surface area contributed by atoms with Crippen LogP contribution in [-0.2, 0) is 12.4 Å². The fourth-order valence-electron chi connectivity index (χ4n) is 2.36. The highest BCUT2D eigenvalue weighted by Crippen LogP contribution is 2.38. The highest BCUT2D eigenvalue weighted by molar-refractivity contribution is 5.35. The van der Waals surface area contributed by atoms with Gasteiger partial charge in [-0.2, -0.15) is 26.3 Å². The number of benzene rings is 1. The molecule has 1 aromatic carbocycles. The molecule has 2 rings (SSSR count). The zero-order valence-electron chi connectivity index (χ0n) is 10.7. The van der Waals surface area contributed by atoms with Crippen LogP contribution in [0.2, 0.25) is 0 Å². The lowest BCUT2D eigenvalue weighted by Crippen LogP contribution is -2.29.